The molecular formula is C21H21BrN2OS. The van der Waals surface area contributed by atoms with Crippen molar-refractivity contribution in [3.63, 3.8) is 0 Å². The van der Waals surface area contributed by atoms with Crippen molar-refractivity contribution >= 4 is 33.2 Å². The van der Waals surface area contributed by atoms with Crippen LogP contribution in [0.25, 0.3) is 11.3 Å². The van der Waals surface area contributed by atoms with Gasteiger partial charge in [0, 0.05) is 15.9 Å². The van der Waals surface area contributed by atoms with Crippen LogP contribution < -0.4 is 4.80 Å². The number of amides is 1. The molecule has 0 saturated heterocycles. The number of halogens is 1. The molecule has 134 valence electrons. The lowest BCUT2D eigenvalue weighted by Gasteiger charge is -2.08. The molecule has 0 fully saturated rings. The number of thiazole rings is 1. The molecule has 0 aliphatic carbocycles. The van der Waals surface area contributed by atoms with E-state index in [4.69, 9.17) is 0 Å². The van der Waals surface area contributed by atoms with Gasteiger partial charge in [0.15, 0.2) is 4.80 Å². The Labute approximate surface area is 166 Å². The highest BCUT2D eigenvalue weighted by atomic mass is 79.9. The molecule has 1 aromatic heterocycles. The second kappa shape index (κ2) is 8.60. The van der Waals surface area contributed by atoms with Crippen molar-refractivity contribution in [3.05, 3.63) is 74.3 Å². The van der Waals surface area contributed by atoms with E-state index >= 15 is 0 Å². The maximum absolute atomic E-state index is 12.7. The normalized spacial score (nSPS) is 11.7. The largest absolute Gasteiger partial charge is 0.316 e. The molecule has 0 aliphatic heterocycles. The number of hydrogen-bond donors (Lipinski definition) is 0. The van der Waals surface area contributed by atoms with Crippen LogP contribution in [0.15, 0.2) is 64.1 Å². The van der Waals surface area contributed by atoms with Crippen molar-refractivity contribution < 1.29 is 4.79 Å². The van der Waals surface area contributed by atoms with Crippen LogP contribution >= 0.6 is 27.3 Å². The van der Waals surface area contributed by atoms with Gasteiger partial charge in [-0.2, -0.15) is 4.99 Å². The van der Waals surface area contributed by atoms with Crippen LogP contribution in [0.3, 0.4) is 0 Å². The van der Waals surface area contributed by atoms with E-state index in [1.807, 2.05) is 36.4 Å². The number of hydrogen-bond acceptors (Lipinski definition) is 2. The number of rotatable bonds is 5. The summed E-state index contributed by atoms with van der Waals surface area (Å²) < 4.78 is 2.92. The summed E-state index contributed by atoms with van der Waals surface area (Å²) in [5.74, 6) is -0.219. The molecule has 0 atom stereocenters. The average Bonchev–Trinajstić information content (AvgIpc) is 3.00. The second-order valence-electron chi connectivity index (χ2n) is 5.91. The summed E-state index contributed by atoms with van der Waals surface area (Å²) in [4.78, 5) is 19.2. The molecule has 0 radical (unpaired) electrons. The van der Waals surface area contributed by atoms with Crippen LogP contribution in [0.2, 0.25) is 0 Å². The zero-order valence-corrected chi connectivity index (χ0v) is 17.3. The molecule has 0 unspecified atom stereocenters. The highest BCUT2D eigenvalue weighted by Crippen LogP contribution is 2.27. The first-order chi connectivity index (χ1) is 12.7. The smallest absolute Gasteiger partial charge is 0.280 e. The monoisotopic (exact) mass is 428 g/mol. The van der Waals surface area contributed by atoms with Gasteiger partial charge < -0.3 is 4.57 Å². The SMILES string of the molecule is CCCc1sc(=NC(=O)c2ccccc2Br)n(CC)c1-c1ccccc1. The molecule has 1 amide bonds. The van der Waals surface area contributed by atoms with Gasteiger partial charge in [0.1, 0.15) is 0 Å². The zero-order valence-electron chi connectivity index (χ0n) is 14.9. The fourth-order valence-corrected chi connectivity index (χ4v) is 4.69. The Morgan fingerprint density at radius 3 is 2.42 bits per heavy atom. The van der Waals surface area contributed by atoms with Crippen LogP contribution in [0.1, 0.15) is 35.5 Å². The Hall–Kier alpha value is -1.98. The predicted molar refractivity (Wildman–Crippen MR) is 111 cm³/mol. The number of aromatic nitrogens is 1. The average molecular weight is 429 g/mol. The van der Waals surface area contributed by atoms with Crippen molar-refractivity contribution in [2.24, 2.45) is 4.99 Å². The lowest BCUT2D eigenvalue weighted by Crippen LogP contribution is -2.17. The van der Waals surface area contributed by atoms with E-state index in [1.54, 1.807) is 17.4 Å². The van der Waals surface area contributed by atoms with Gasteiger partial charge in [0.05, 0.1) is 11.3 Å². The summed E-state index contributed by atoms with van der Waals surface area (Å²) in [6.07, 6.45) is 2.04. The standard InChI is InChI=1S/C21H21BrN2OS/c1-3-10-18-19(15-11-6-5-7-12-15)24(4-2)21(26-18)23-20(25)16-13-8-9-14-17(16)22/h5-9,11-14H,3-4,10H2,1-2H3. The Balaban J connectivity index is 2.16. The van der Waals surface area contributed by atoms with E-state index in [0.717, 1.165) is 28.7 Å². The number of benzene rings is 2. The van der Waals surface area contributed by atoms with Gasteiger partial charge >= 0.3 is 0 Å². The number of nitrogens with zero attached hydrogens (tertiary/aromatic N) is 2. The van der Waals surface area contributed by atoms with Gasteiger partial charge in [-0.15, -0.1) is 11.3 Å². The van der Waals surface area contributed by atoms with Crippen molar-refractivity contribution in [2.45, 2.75) is 33.2 Å². The molecule has 3 rings (SSSR count). The topological polar surface area (TPSA) is 34.4 Å². The molecule has 0 aliphatic rings. The number of carbonyl (C=O) groups is 1. The third kappa shape index (κ3) is 3.89. The summed E-state index contributed by atoms with van der Waals surface area (Å²) in [6, 6.07) is 17.8. The highest BCUT2D eigenvalue weighted by Gasteiger charge is 2.16. The van der Waals surface area contributed by atoms with Crippen molar-refractivity contribution in [3.8, 4) is 11.3 Å². The molecule has 1 heterocycles. The van der Waals surface area contributed by atoms with Gasteiger partial charge in [-0.25, -0.2) is 0 Å². The van der Waals surface area contributed by atoms with E-state index in [1.165, 1.54) is 16.1 Å². The lowest BCUT2D eigenvalue weighted by molar-refractivity contribution is 0.0997. The molecule has 5 heteroatoms. The lowest BCUT2D eigenvalue weighted by atomic mass is 10.1. The van der Waals surface area contributed by atoms with Crippen LogP contribution in [0.5, 0.6) is 0 Å². The molecular weight excluding hydrogens is 408 g/mol. The first-order valence-electron chi connectivity index (χ1n) is 8.77. The Morgan fingerprint density at radius 1 is 1.08 bits per heavy atom. The number of aryl methyl sites for hydroxylation is 1. The van der Waals surface area contributed by atoms with Crippen LogP contribution in [0, 0.1) is 0 Å². The Kier molecular flexibility index (Phi) is 6.22. The highest BCUT2D eigenvalue weighted by molar-refractivity contribution is 9.10. The fourth-order valence-electron chi connectivity index (χ4n) is 2.93. The van der Waals surface area contributed by atoms with Gasteiger partial charge in [0.25, 0.3) is 5.91 Å². The summed E-state index contributed by atoms with van der Waals surface area (Å²) in [5, 5.41) is 0. The molecule has 0 saturated carbocycles. The number of carbonyl (C=O) groups excluding carboxylic acids is 1. The van der Waals surface area contributed by atoms with Crippen molar-refractivity contribution in [1.29, 1.82) is 0 Å². The Morgan fingerprint density at radius 2 is 1.77 bits per heavy atom. The second-order valence-corrected chi connectivity index (χ2v) is 7.83. The van der Waals surface area contributed by atoms with Crippen molar-refractivity contribution in [1.82, 2.24) is 4.57 Å². The maximum atomic E-state index is 12.7. The first kappa shape index (κ1) is 18.8. The summed E-state index contributed by atoms with van der Waals surface area (Å²) in [7, 11) is 0. The van der Waals surface area contributed by atoms with Gasteiger partial charge in [-0.3, -0.25) is 4.79 Å². The summed E-state index contributed by atoms with van der Waals surface area (Å²) in [6.45, 7) is 5.04. The minimum Gasteiger partial charge on any atom is -0.316 e. The quantitative estimate of drug-likeness (QED) is 0.513. The van der Waals surface area contributed by atoms with E-state index < -0.39 is 0 Å². The first-order valence-corrected chi connectivity index (χ1v) is 10.4. The molecule has 26 heavy (non-hydrogen) atoms. The van der Waals surface area contributed by atoms with Gasteiger partial charge in [-0.1, -0.05) is 55.8 Å². The zero-order chi connectivity index (χ0) is 18.5. The molecule has 0 spiro atoms. The van der Waals surface area contributed by atoms with Crippen LogP contribution in [-0.4, -0.2) is 10.5 Å². The van der Waals surface area contributed by atoms with E-state index in [0.29, 0.717) is 5.56 Å². The van der Waals surface area contributed by atoms with Crippen LogP contribution in [0.4, 0.5) is 0 Å². The van der Waals surface area contributed by atoms with Crippen molar-refractivity contribution in [2.75, 3.05) is 0 Å². The third-order valence-electron chi connectivity index (χ3n) is 4.12. The molecule has 0 bridgehead atoms. The van der Waals surface area contributed by atoms with Gasteiger partial charge in [0.2, 0.25) is 0 Å². The van der Waals surface area contributed by atoms with E-state index in [2.05, 4.69) is 51.5 Å². The Bertz CT molecular complexity index is 973. The minimum absolute atomic E-state index is 0.219. The molecule has 3 nitrogen and oxygen atoms in total. The third-order valence-corrected chi connectivity index (χ3v) is 5.95. The molecule has 2 aromatic carbocycles. The molecule has 3 aromatic rings. The predicted octanol–water partition coefficient (Wildman–Crippen LogP) is 5.69. The van der Waals surface area contributed by atoms with E-state index in [9.17, 15) is 4.79 Å². The van der Waals surface area contributed by atoms with Crippen LogP contribution in [-0.2, 0) is 13.0 Å². The van der Waals surface area contributed by atoms with E-state index in [-0.39, 0.29) is 5.91 Å². The van der Waals surface area contributed by atoms with Gasteiger partial charge in [-0.05, 0) is 47.0 Å². The minimum atomic E-state index is -0.219. The summed E-state index contributed by atoms with van der Waals surface area (Å²) in [5.41, 5.74) is 2.93. The summed E-state index contributed by atoms with van der Waals surface area (Å²) >= 11 is 5.06. The fraction of sp³-hybridized carbons (Fsp3) is 0.238. The molecule has 0 N–H and O–H groups in total. The maximum Gasteiger partial charge on any atom is 0.280 e.